The molecule has 0 atom stereocenters. The first kappa shape index (κ1) is 15.5. The molecule has 0 aliphatic carbocycles. The van der Waals surface area contributed by atoms with Gasteiger partial charge in [-0.1, -0.05) is 0 Å². The number of alkyl halides is 3. The lowest BCUT2D eigenvalue weighted by atomic mass is 10.1. The van der Waals surface area contributed by atoms with Gasteiger partial charge in [-0.3, -0.25) is 0 Å². The van der Waals surface area contributed by atoms with Crippen LogP contribution in [0.5, 0.6) is 0 Å². The summed E-state index contributed by atoms with van der Waals surface area (Å²) in [7, 11) is 0. The fourth-order valence-electron chi connectivity index (χ4n) is 0.843. The molecule has 0 aromatic heterocycles. The Bertz CT molecular complexity index is 384. The maximum Gasteiger partial charge on any atom is 0.419 e. The Labute approximate surface area is 104 Å². The van der Waals surface area contributed by atoms with Gasteiger partial charge >= 0.3 is 28.7 Å². The Morgan fingerprint density at radius 1 is 1.65 bits per heavy atom. The number of allylic oxidation sites excluding steroid dienone is 1. The van der Waals surface area contributed by atoms with Gasteiger partial charge in [-0.2, -0.15) is 23.5 Å². The van der Waals surface area contributed by atoms with Crippen LogP contribution in [0.25, 0.3) is 0 Å². The van der Waals surface area contributed by atoms with Crippen LogP contribution in [0.4, 0.5) is 13.2 Å². The number of hydrazone groups is 1. The lowest BCUT2D eigenvalue weighted by molar-refractivity contribution is -0.138. The number of rotatable bonds is 4. The summed E-state index contributed by atoms with van der Waals surface area (Å²) in [5, 5.41) is 11.7. The number of esters is 1. The van der Waals surface area contributed by atoms with Gasteiger partial charge in [-0.05, 0) is 6.92 Å². The standard InChI is InChI=1S/C8H8F3N3O2.Al.2H/c1-2-16-7(15)3-5(8(9,10)11)6(4-12)14-13;;;/h3H,2H2,1H3,(H2,13,15);;;/q;+1;;/p-1. The smallest absolute Gasteiger partial charge is 0.419 e. The molecule has 0 amide bonds. The molecule has 0 aromatic rings. The van der Waals surface area contributed by atoms with Gasteiger partial charge in [0.25, 0.3) is 0 Å². The number of nitriles is 1. The molecular weight excluding hydrogens is 254 g/mol. The number of carbonyl (C=O) groups is 1. The quantitative estimate of drug-likeness (QED) is 0.256. The highest BCUT2D eigenvalue weighted by molar-refractivity contribution is 6.15. The van der Waals surface area contributed by atoms with Crippen LogP contribution in [-0.4, -0.2) is 41.0 Å². The zero-order valence-electron chi connectivity index (χ0n) is 9.13. The van der Waals surface area contributed by atoms with Gasteiger partial charge in [0.2, 0.25) is 0 Å². The van der Waals surface area contributed by atoms with E-state index in [1.54, 1.807) is 0 Å². The molecule has 0 heterocycles. The van der Waals surface area contributed by atoms with Crippen molar-refractivity contribution in [2.45, 2.75) is 13.1 Å². The Morgan fingerprint density at radius 3 is 2.59 bits per heavy atom. The fraction of sp³-hybridized carbons (Fsp3) is 0.375. The molecule has 17 heavy (non-hydrogen) atoms. The van der Waals surface area contributed by atoms with Gasteiger partial charge in [-0.15, -0.1) is 0 Å². The lowest BCUT2D eigenvalue weighted by Crippen LogP contribution is -2.22. The average molecular weight is 263 g/mol. The average Bonchev–Trinajstić information content (AvgIpc) is 2.22. The van der Waals surface area contributed by atoms with E-state index in [4.69, 9.17) is 5.26 Å². The first-order valence-corrected chi connectivity index (χ1v) is 5.47. The van der Waals surface area contributed by atoms with Gasteiger partial charge in [-0.25, -0.2) is 4.79 Å². The molecule has 0 spiro atoms. The Hall–Kier alpha value is -1.51. The minimum atomic E-state index is -4.85. The molecule has 5 nitrogen and oxygen atoms in total. The van der Waals surface area contributed by atoms with Crippen LogP contribution in [0.3, 0.4) is 0 Å². The van der Waals surface area contributed by atoms with Crippen molar-refractivity contribution in [3.05, 3.63) is 11.6 Å². The van der Waals surface area contributed by atoms with Crippen molar-refractivity contribution in [1.82, 2.24) is 4.41 Å². The summed E-state index contributed by atoms with van der Waals surface area (Å²) in [5.74, 6) is -1.17. The summed E-state index contributed by atoms with van der Waals surface area (Å²) in [4.78, 5) is 11.0. The number of carbonyl (C=O) groups excluding carboxylic acids is 1. The van der Waals surface area contributed by atoms with Gasteiger partial charge in [0, 0.05) is 6.08 Å². The van der Waals surface area contributed by atoms with Crippen LogP contribution < -0.4 is 4.41 Å². The van der Waals surface area contributed by atoms with Gasteiger partial charge in [0.1, 0.15) is 11.6 Å². The number of halogens is 3. The van der Waals surface area contributed by atoms with Gasteiger partial charge in [0.15, 0.2) is 5.71 Å². The van der Waals surface area contributed by atoms with Crippen molar-refractivity contribution in [2.24, 2.45) is 5.10 Å². The molecule has 0 rings (SSSR count). The fourth-order valence-corrected chi connectivity index (χ4v) is 1.07. The van der Waals surface area contributed by atoms with Crippen LogP contribution in [0, 0.1) is 11.3 Å². The maximum absolute atomic E-state index is 12.6. The predicted molar refractivity (Wildman–Crippen MR) is 55.5 cm³/mol. The molecule has 0 radical (unpaired) electrons. The summed E-state index contributed by atoms with van der Waals surface area (Å²) < 4.78 is 44.2. The highest BCUT2D eigenvalue weighted by Gasteiger charge is 2.38. The third-order valence-corrected chi connectivity index (χ3v) is 1.66. The number of ether oxygens (including phenoxy) is 1. The first-order chi connectivity index (χ1) is 7.86. The normalized spacial score (nSPS) is 12.9. The molecule has 0 saturated heterocycles. The Kier molecular flexibility index (Phi) is 6.33. The summed E-state index contributed by atoms with van der Waals surface area (Å²) >= 11 is 0.275. The van der Waals surface area contributed by atoms with Crippen molar-refractivity contribution in [2.75, 3.05) is 6.61 Å². The van der Waals surface area contributed by atoms with Crippen molar-refractivity contribution in [3.63, 3.8) is 0 Å². The zero-order valence-corrected chi connectivity index (χ0v) is 11.1. The second-order valence-electron chi connectivity index (χ2n) is 2.60. The molecule has 0 aromatic carbocycles. The van der Waals surface area contributed by atoms with Gasteiger partial charge < -0.3 is 9.15 Å². The van der Waals surface area contributed by atoms with E-state index in [9.17, 15) is 18.0 Å². The van der Waals surface area contributed by atoms with Crippen molar-refractivity contribution in [3.8, 4) is 6.07 Å². The predicted octanol–water partition coefficient (Wildman–Crippen LogP) is 0.0555. The second kappa shape index (κ2) is 6.94. The molecular formula is C8H9AlF3N3O2. The van der Waals surface area contributed by atoms with E-state index >= 15 is 0 Å². The molecule has 0 bridgehead atoms. The van der Waals surface area contributed by atoms with E-state index in [1.807, 2.05) is 0 Å². The van der Waals surface area contributed by atoms with E-state index in [0.29, 0.717) is 0 Å². The Morgan fingerprint density at radius 2 is 2.24 bits per heavy atom. The van der Waals surface area contributed by atoms with Crippen molar-refractivity contribution < 1.29 is 22.7 Å². The Balaban J connectivity index is 5.38. The SMILES string of the molecule is CCOC(=O)/C=C(\C(C#N)=N/[NH][AlH2])C(F)(F)F. The monoisotopic (exact) mass is 263 g/mol. The summed E-state index contributed by atoms with van der Waals surface area (Å²) in [6, 6.07) is 1.27. The number of nitrogens with one attached hydrogen (secondary N) is 1. The third kappa shape index (κ3) is 5.39. The molecule has 0 unspecified atom stereocenters. The maximum atomic E-state index is 12.6. The van der Waals surface area contributed by atoms with E-state index in [-0.39, 0.29) is 29.2 Å². The summed E-state index contributed by atoms with van der Waals surface area (Å²) in [6.45, 7) is 1.40. The number of nitrogens with zero attached hydrogens (tertiary/aromatic N) is 2. The third-order valence-electron chi connectivity index (χ3n) is 1.44. The topological polar surface area (TPSA) is 74.5 Å². The van der Waals surface area contributed by atoms with E-state index < -0.39 is 23.4 Å². The van der Waals surface area contributed by atoms with E-state index in [1.165, 1.54) is 13.0 Å². The van der Waals surface area contributed by atoms with Crippen LogP contribution >= 0.6 is 0 Å². The van der Waals surface area contributed by atoms with E-state index in [0.717, 1.165) is 0 Å². The minimum absolute atomic E-state index is 0.0571. The van der Waals surface area contributed by atoms with Crippen LogP contribution in [-0.2, 0) is 9.53 Å². The molecule has 0 fully saturated rings. The molecule has 1 N–H and O–H groups in total. The van der Waals surface area contributed by atoms with Crippen LogP contribution in [0.1, 0.15) is 6.92 Å². The molecule has 92 valence electrons. The molecule has 0 aliphatic rings. The minimum Gasteiger partial charge on any atom is -0.463 e. The van der Waals surface area contributed by atoms with Crippen molar-refractivity contribution in [1.29, 1.82) is 5.26 Å². The summed E-state index contributed by atoms with van der Waals surface area (Å²) in [5.41, 5.74) is -2.33. The van der Waals surface area contributed by atoms with E-state index in [2.05, 4.69) is 14.2 Å². The number of hydrogen-bond donors (Lipinski definition) is 1. The highest BCUT2D eigenvalue weighted by Crippen LogP contribution is 2.26. The largest absolute Gasteiger partial charge is 0.463 e. The number of hydrogen-bond acceptors (Lipinski definition) is 5. The first-order valence-electron chi connectivity index (χ1n) is 4.47. The second-order valence-corrected chi connectivity index (χ2v) is 3.05. The van der Waals surface area contributed by atoms with Gasteiger partial charge in [0.05, 0.1) is 6.61 Å². The molecule has 9 heteroatoms. The highest BCUT2D eigenvalue weighted by atomic mass is 27.1. The van der Waals surface area contributed by atoms with Crippen LogP contribution in [0.2, 0.25) is 0 Å². The van der Waals surface area contributed by atoms with Crippen LogP contribution in [0.15, 0.2) is 16.8 Å². The molecule has 0 aliphatic heterocycles. The lowest BCUT2D eigenvalue weighted by Gasteiger charge is -2.09. The molecule has 0 saturated carbocycles. The van der Waals surface area contributed by atoms with Crippen molar-refractivity contribution >= 4 is 28.2 Å². The summed E-state index contributed by atoms with van der Waals surface area (Å²) in [6.07, 6.45) is -4.63. The zero-order chi connectivity index (χ0) is 13.5.